The molecule has 1 N–H and O–H groups in total. The number of allylic oxidation sites excluding steroid dienone is 2. The van der Waals surface area contributed by atoms with Gasteiger partial charge in [-0.05, 0) is 48.9 Å². The number of carbonyl (C=O) groups is 1. The highest BCUT2D eigenvalue weighted by Crippen LogP contribution is 2.35. The first-order chi connectivity index (χ1) is 17.9. The van der Waals surface area contributed by atoms with Gasteiger partial charge in [-0.25, -0.2) is 4.98 Å². The first-order valence-electron chi connectivity index (χ1n) is 10.8. The van der Waals surface area contributed by atoms with Crippen molar-refractivity contribution in [3.05, 3.63) is 105 Å². The minimum absolute atomic E-state index is 0.0131. The van der Waals surface area contributed by atoms with Gasteiger partial charge in [0.15, 0.2) is 11.5 Å². The number of rotatable bonds is 8. The first kappa shape index (κ1) is 28.0. The SMILES string of the molecule is C=C(/C=C(/Oc1ccc(C)cc1)C(=O)NC)Cn1cnc(C(F)(F)F)c(Oc2cc(Cl)cc(C#N)c2)c1=O. The zero-order chi connectivity index (χ0) is 28.0. The van der Waals surface area contributed by atoms with Crippen LogP contribution in [0.2, 0.25) is 5.02 Å². The number of hydrogen-bond acceptors (Lipinski definition) is 6. The molecule has 3 rings (SSSR count). The van der Waals surface area contributed by atoms with Gasteiger partial charge in [0, 0.05) is 12.1 Å². The molecule has 0 radical (unpaired) electrons. The van der Waals surface area contributed by atoms with Crippen LogP contribution in [0.15, 0.2) is 77.6 Å². The van der Waals surface area contributed by atoms with Crippen molar-refractivity contribution in [1.82, 2.24) is 14.9 Å². The van der Waals surface area contributed by atoms with Crippen molar-refractivity contribution in [1.29, 1.82) is 5.26 Å². The summed E-state index contributed by atoms with van der Waals surface area (Å²) >= 11 is 5.90. The van der Waals surface area contributed by atoms with Gasteiger partial charge in [-0.3, -0.25) is 14.2 Å². The largest absolute Gasteiger partial charge is 0.452 e. The van der Waals surface area contributed by atoms with Gasteiger partial charge in [0.1, 0.15) is 11.5 Å². The Morgan fingerprint density at radius 1 is 1.24 bits per heavy atom. The molecule has 8 nitrogen and oxygen atoms in total. The fraction of sp³-hybridized carbons (Fsp3) is 0.154. The van der Waals surface area contributed by atoms with E-state index in [0.29, 0.717) is 12.1 Å². The predicted octanol–water partition coefficient (Wildman–Crippen LogP) is 5.15. The van der Waals surface area contributed by atoms with E-state index in [9.17, 15) is 22.8 Å². The quantitative estimate of drug-likeness (QED) is 0.239. The van der Waals surface area contributed by atoms with Crippen LogP contribution in [0.5, 0.6) is 17.2 Å². The van der Waals surface area contributed by atoms with Gasteiger partial charge in [-0.1, -0.05) is 35.9 Å². The summed E-state index contributed by atoms with van der Waals surface area (Å²) < 4.78 is 52.6. The maximum atomic E-state index is 13.6. The van der Waals surface area contributed by atoms with E-state index in [0.717, 1.165) is 22.3 Å². The number of amides is 1. The van der Waals surface area contributed by atoms with Gasteiger partial charge in [-0.2, -0.15) is 18.4 Å². The normalized spacial score (nSPS) is 11.4. The Morgan fingerprint density at radius 3 is 2.53 bits per heavy atom. The molecule has 0 aliphatic heterocycles. The van der Waals surface area contributed by atoms with Crippen molar-refractivity contribution in [3.63, 3.8) is 0 Å². The van der Waals surface area contributed by atoms with Gasteiger partial charge in [-0.15, -0.1) is 0 Å². The smallest absolute Gasteiger partial charge is 0.437 e. The average Bonchev–Trinajstić information content (AvgIpc) is 2.85. The molecule has 196 valence electrons. The third kappa shape index (κ3) is 7.02. The summed E-state index contributed by atoms with van der Waals surface area (Å²) in [4.78, 5) is 28.7. The third-order valence-electron chi connectivity index (χ3n) is 4.89. The monoisotopic (exact) mass is 544 g/mol. The zero-order valence-electron chi connectivity index (χ0n) is 20.1. The molecule has 0 aliphatic rings. The minimum atomic E-state index is -5.02. The Labute approximate surface area is 220 Å². The second-order valence-electron chi connectivity index (χ2n) is 7.90. The van der Waals surface area contributed by atoms with Gasteiger partial charge in [0.2, 0.25) is 5.75 Å². The predicted molar refractivity (Wildman–Crippen MR) is 133 cm³/mol. The lowest BCUT2D eigenvalue weighted by molar-refractivity contribution is -0.142. The number of hydrogen-bond donors (Lipinski definition) is 1. The maximum absolute atomic E-state index is 13.6. The Bertz CT molecular complexity index is 1510. The summed E-state index contributed by atoms with van der Waals surface area (Å²) in [5.74, 6) is -1.77. The lowest BCUT2D eigenvalue weighted by atomic mass is 10.2. The number of aromatic nitrogens is 2. The van der Waals surface area contributed by atoms with E-state index < -0.39 is 29.1 Å². The number of benzene rings is 2. The van der Waals surface area contributed by atoms with Gasteiger partial charge in [0.05, 0.1) is 24.5 Å². The molecule has 12 heteroatoms. The molecular formula is C26H20ClF3N4O4. The summed E-state index contributed by atoms with van der Waals surface area (Å²) in [5, 5.41) is 11.5. The molecule has 2 aromatic carbocycles. The van der Waals surface area contributed by atoms with Crippen molar-refractivity contribution >= 4 is 17.5 Å². The van der Waals surface area contributed by atoms with E-state index >= 15 is 0 Å². The van der Waals surface area contributed by atoms with Crippen LogP contribution in [0.25, 0.3) is 0 Å². The maximum Gasteiger partial charge on any atom is 0.437 e. The summed E-state index contributed by atoms with van der Waals surface area (Å²) in [6, 6.07) is 12.2. The lowest BCUT2D eigenvalue weighted by Crippen LogP contribution is -2.27. The molecule has 1 heterocycles. The zero-order valence-corrected chi connectivity index (χ0v) is 20.9. The Kier molecular flexibility index (Phi) is 8.60. The van der Waals surface area contributed by atoms with Crippen LogP contribution in [0.3, 0.4) is 0 Å². The van der Waals surface area contributed by atoms with E-state index in [-0.39, 0.29) is 34.2 Å². The van der Waals surface area contributed by atoms with Crippen LogP contribution in [0, 0.1) is 18.3 Å². The van der Waals surface area contributed by atoms with E-state index in [2.05, 4.69) is 16.9 Å². The molecule has 0 saturated carbocycles. The highest BCUT2D eigenvalue weighted by molar-refractivity contribution is 6.30. The lowest BCUT2D eigenvalue weighted by Gasteiger charge is -2.15. The van der Waals surface area contributed by atoms with Crippen LogP contribution in [-0.2, 0) is 17.5 Å². The number of likely N-dealkylation sites (N-methyl/N-ethyl adjacent to an activating group) is 1. The first-order valence-corrected chi connectivity index (χ1v) is 11.2. The number of nitriles is 1. The molecular weight excluding hydrogens is 525 g/mol. The van der Waals surface area contributed by atoms with Crippen LogP contribution in [-0.4, -0.2) is 22.5 Å². The molecule has 0 fully saturated rings. The van der Waals surface area contributed by atoms with E-state index in [4.69, 9.17) is 26.3 Å². The number of alkyl halides is 3. The summed E-state index contributed by atoms with van der Waals surface area (Å²) in [6.45, 7) is 5.31. The Hall–Kier alpha value is -4.56. The average molecular weight is 545 g/mol. The number of aryl methyl sites for hydroxylation is 1. The Balaban J connectivity index is 1.97. The topological polar surface area (TPSA) is 106 Å². The molecule has 0 aliphatic carbocycles. The van der Waals surface area contributed by atoms with Gasteiger partial charge < -0.3 is 14.8 Å². The fourth-order valence-corrected chi connectivity index (χ4v) is 3.35. The Morgan fingerprint density at radius 2 is 1.92 bits per heavy atom. The van der Waals surface area contributed by atoms with Crippen LogP contribution < -0.4 is 20.3 Å². The number of ether oxygens (including phenoxy) is 2. The molecule has 0 saturated heterocycles. The molecule has 0 bridgehead atoms. The van der Waals surface area contributed by atoms with E-state index in [1.807, 2.05) is 6.92 Å². The van der Waals surface area contributed by atoms with Crippen LogP contribution in [0.1, 0.15) is 16.8 Å². The fourth-order valence-electron chi connectivity index (χ4n) is 3.13. The number of carbonyl (C=O) groups excluding carboxylic acids is 1. The minimum Gasteiger partial charge on any atom is -0.452 e. The van der Waals surface area contributed by atoms with Gasteiger partial charge in [0.25, 0.3) is 11.5 Å². The molecule has 38 heavy (non-hydrogen) atoms. The van der Waals surface area contributed by atoms with Crippen molar-refractivity contribution in [2.45, 2.75) is 19.6 Å². The van der Waals surface area contributed by atoms with E-state index in [1.54, 1.807) is 30.3 Å². The summed E-state index contributed by atoms with van der Waals surface area (Å²) in [6.07, 6.45) is -3.08. The van der Waals surface area contributed by atoms with Crippen molar-refractivity contribution in [3.8, 4) is 23.3 Å². The summed E-state index contributed by atoms with van der Waals surface area (Å²) in [7, 11) is 1.39. The van der Waals surface area contributed by atoms with Crippen LogP contribution >= 0.6 is 11.6 Å². The molecule has 1 aromatic heterocycles. The van der Waals surface area contributed by atoms with Crippen molar-refractivity contribution in [2.75, 3.05) is 7.05 Å². The molecule has 0 unspecified atom stereocenters. The van der Waals surface area contributed by atoms with Crippen LogP contribution in [0.4, 0.5) is 13.2 Å². The van der Waals surface area contributed by atoms with Crippen molar-refractivity contribution < 1.29 is 27.4 Å². The molecule has 0 spiro atoms. The molecule has 1 amide bonds. The number of nitrogens with one attached hydrogen (secondary N) is 1. The number of nitrogens with zero attached hydrogens (tertiary/aromatic N) is 3. The van der Waals surface area contributed by atoms with Crippen molar-refractivity contribution in [2.24, 2.45) is 0 Å². The highest BCUT2D eigenvalue weighted by atomic mass is 35.5. The van der Waals surface area contributed by atoms with E-state index in [1.165, 1.54) is 19.2 Å². The van der Waals surface area contributed by atoms with Gasteiger partial charge >= 0.3 is 6.18 Å². The number of halogens is 4. The third-order valence-corrected chi connectivity index (χ3v) is 5.11. The summed E-state index contributed by atoms with van der Waals surface area (Å²) in [5.41, 5.74) is -1.62. The molecule has 0 atom stereocenters. The second-order valence-corrected chi connectivity index (χ2v) is 8.34. The molecule has 3 aromatic rings. The second kappa shape index (κ2) is 11.7. The highest BCUT2D eigenvalue weighted by Gasteiger charge is 2.38. The standard InChI is InChI=1S/C26H20ClF3N4O4/c1-15-4-6-19(7-5-15)37-21(24(35)32-3)8-16(2)13-34-14-33-23(26(28,29)30)22(25(34)36)38-20-10-17(12-31)9-18(27)11-20/h4-11,14H,2,13H2,1,3H3,(H,32,35)/b21-8+.